The zero-order valence-corrected chi connectivity index (χ0v) is 15.4. The van der Waals surface area contributed by atoms with E-state index >= 15 is 0 Å². The van der Waals surface area contributed by atoms with Gasteiger partial charge in [-0.1, -0.05) is 0 Å². The number of likely N-dealkylation sites (tertiary alicyclic amines) is 1. The number of hydrazone groups is 1. The lowest BCUT2D eigenvalue weighted by atomic mass is 10.1. The average molecular weight is 407 g/mol. The van der Waals surface area contributed by atoms with Gasteiger partial charge in [-0.15, -0.1) is 0 Å². The third kappa shape index (κ3) is 6.42. The van der Waals surface area contributed by atoms with Gasteiger partial charge in [-0.25, -0.2) is 4.83 Å². The van der Waals surface area contributed by atoms with E-state index in [4.69, 9.17) is 4.74 Å². The van der Waals surface area contributed by atoms with Crippen LogP contribution in [0.4, 0.5) is 13.2 Å². The summed E-state index contributed by atoms with van der Waals surface area (Å²) in [6, 6.07) is 5.77. The average Bonchev–Trinajstić information content (AvgIpc) is 2.64. The number of nitrogens with zero attached hydrogens (tertiary/aromatic N) is 2. The van der Waals surface area contributed by atoms with E-state index in [0.717, 1.165) is 0 Å². The Morgan fingerprint density at radius 3 is 2.33 bits per heavy atom. The molecule has 1 aromatic rings. The van der Waals surface area contributed by atoms with Gasteiger partial charge in [0.25, 0.3) is 10.0 Å². The molecule has 1 heterocycles. The molecule has 0 atom stereocenters. The summed E-state index contributed by atoms with van der Waals surface area (Å²) in [5, 5.41) is 3.88. The number of carbonyl (C=O) groups excluding carboxylic acids is 1. The number of benzene rings is 1. The van der Waals surface area contributed by atoms with Crippen molar-refractivity contribution in [3.8, 4) is 5.75 Å². The summed E-state index contributed by atoms with van der Waals surface area (Å²) in [6.07, 6.45) is -5.51. The Bertz CT molecular complexity index is 782. The Balaban J connectivity index is 1.88. The van der Waals surface area contributed by atoms with Crippen LogP contribution in [-0.2, 0) is 14.8 Å². The SMILES string of the molecule is COc1ccc(S(=O)(=O)NN=C2CCN(C(=O)CCC(F)(F)F)CC2)cc1. The molecule has 0 bridgehead atoms. The summed E-state index contributed by atoms with van der Waals surface area (Å²) in [5.74, 6) is -0.0481. The van der Waals surface area contributed by atoms with E-state index in [1.54, 1.807) is 0 Å². The summed E-state index contributed by atoms with van der Waals surface area (Å²) in [4.78, 5) is 15.3. The number of amides is 1. The van der Waals surface area contributed by atoms with Crippen LogP contribution >= 0.6 is 0 Å². The molecule has 7 nitrogen and oxygen atoms in total. The van der Waals surface area contributed by atoms with Gasteiger partial charge >= 0.3 is 6.18 Å². The topological polar surface area (TPSA) is 88.1 Å². The fourth-order valence-electron chi connectivity index (χ4n) is 2.47. The summed E-state index contributed by atoms with van der Waals surface area (Å²) < 4.78 is 65.9. The minimum Gasteiger partial charge on any atom is -0.497 e. The third-order valence-electron chi connectivity index (χ3n) is 4.01. The number of hydrogen-bond donors (Lipinski definition) is 1. The van der Waals surface area contributed by atoms with Crippen LogP contribution in [0.15, 0.2) is 34.3 Å². The van der Waals surface area contributed by atoms with Crippen LogP contribution < -0.4 is 9.57 Å². The van der Waals surface area contributed by atoms with Crippen molar-refractivity contribution in [2.24, 2.45) is 5.10 Å². The van der Waals surface area contributed by atoms with E-state index in [0.29, 0.717) is 24.3 Å². The van der Waals surface area contributed by atoms with Gasteiger partial charge in [-0.3, -0.25) is 4.79 Å². The molecule has 1 fully saturated rings. The summed E-state index contributed by atoms with van der Waals surface area (Å²) in [7, 11) is -2.37. The van der Waals surface area contributed by atoms with Crippen molar-refractivity contribution in [3.63, 3.8) is 0 Å². The maximum absolute atomic E-state index is 12.2. The van der Waals surface area contributed by atoms with Crippen LogP contribution in [0.25, 0.3) is 0 Å². The minimum absolute atomic E-state index is 0.0208. The minimum atomic E-state index is -4.36. The zero-order valence-electron chi connectivity index (χ0n) is 14.6. The molecule has 0 spiro atoms. The fourth-order valence-corrected chi connectivity index (χ4v) is 3.31. The molecule has 1 saturated heterocycles. The Morgan fingerprint density at radius 1 is 1.22 bits per heavy atom. The largest absolute Gasteiger partial charge is 0.497 e. The highest BCUT2D eigenvalue weighted by molar-refractivity contribution is 7.89. The number of ether oxygens (including phenoxy) is 1. The monoisotopic (exact) mass is 407 g/mol. The van der Waals surface area contributed by atoms with Gasteiger partial charge in [0.1, 0.15) is 5.75 Å². The first-order valence-electron chi connectivity index (χ1n) is 8.16. The summed E-state index contributed by atoms with van der Waals surface area (Å²) >= 11 is 0. The second-order valence-corrected chi connectivity index (χ2v) is 7.61. The smallest absolute Gasteiger partial charge is 0.389 e. The van der Waals surface area contributed by atoms with Crippen molar-refractivity contribution >= 4 is 21.6 Å². The van der Waals surface area contributed by atoms with Gasteiger partial charge in [0, 0.05) is 38.1 Å². The molecule has 1 aliphatic heterocycles. The van der Waals surface area contributed by atoms with Gasteiger partial charge in [-0.05, 0) is 24.3 Å². The Kier molecular flexibility index (Phi) is 6.68. The molecule has 0 saturated carbocycles. The first kappa shape index (κ1) is 21.0. The summed E-state index contributed by atoms with van der Waals surface area (Å²) in [6.45, 7) is 0.416. The van der Waals surface area contributed by atoms with Crippen molar-refractivity contribution < 1.29 is 31.1 Å². The number of alkyl halides is 3. The normalized spacial score (nSPS) is 15.4. The van der Waals surface area contributed by atoms with Gasteiger partial charge in [-0.2, -0.15) is 26.7 Å². The molecule has 11 heteroatoms. The molecule has 1 N–H and O–H groups in total. The highest BCUT2D eigenvalue weighted by Gasteiger charge is 2.30. The van der Waals surface area contributed by atoms with Gasteiger partial charge < -0.3 is 9.64 Å². The maximum atomic E-state index is 12.2. The predicted molar refractivity (Wildman–Crippen MR) is 91.9 cm³/mol. The van der Waals surface area contributed by atoms with Crippen LogP contribution in [-0.4, -0.2) is 51.3 Å². The molecule has 1 amide bonds. The van der Waals surface area contributed by atoms with Crippen molar-refractivity contribution in [2.45, 2.75) is 36.8 Å². The molecule has 1 aliphatic rings. The highest BCUT2D eigenvalue weighted by atomic mass is 32.2. The molecule has 0 radical (unpaired) electrons. The van der Waals surface area contributed by atoms with Crippen LogP contribution in [0.3, 0.4) is 0 Å². The molecule has 0 unspecified atom stereocenters. The quantitative estimate of drug-likeness (QED) is 0.733. The van der Waals surface area contributed by atoms with E-state index in [2.05, 4.69) is 9.93 Å². The number of hydrogen-bond acceptors (Lipinski definition) is 5. The van der Waals surface area contributed by atoms with E-state index in [-0.39, 0.29) is 18.0 Å². The highest BCUT2D eigenvalue weighted by Crippen LogP contribution is 2.22. The van der Waals surface area contributed by atoms with Crippen LogP contribution in [0.1, 0.15) is 25.7 Å². The fraction of sp³-hybridized carbons (Fsp3) is 0.500. The number of carbonyl (C=O) groups is 1. The van der Waals surface area contributed by atoms with Gasteiger partial charge in [0.05, 0.1) is 18.4 Å². The summed E-state index contributed by atoms with van der Waals surface area (Å²) in [5.41, 5.74) is 0.534. The molecule has 27 heavy (non-hydrogen) atoms. The number of methoxy groups -OCH3 is 1. The van der Waals surface area contributed by atoms with Crippen LogP contribution in [0, 0.1) is 0 Å². The van der Waals surface area contributed by atoms with E-state index in [9.17, 15) is 26.4 Å². The van der Waals surface area contributed by atoms with Gasteiger partial charge in [0.15, 0.2) is 0 Å². The lowest BCUT2D eigenvalue weighted by Gasteiger charge is -2.28. The van der Waals surface area contributed by atoms with E-state index < -0.39 is 34.9 Å². The second-order valence-electron chi connectivity index (χ2n) is 5.94. The van der Waals surface area contributed by atoms with Crippen molar-refractivity contribution in [1.29, 1.82) is 0 Å². The second kappa shape index (κ2) is 8.59. The first-order chi connectivity index (χ1) is 12.6. The zero-order chi connectivity index (χ0) is 20.1. The molecule has 0 aliphatic carbocycles. The third-order valence-corrected chi connectivity index (χ3v) is 5.23. The molecule has 0 aromatic heterocycles. The number of rotatable bonds is 6. The van der Waals surface area contributed by atoms with Crippen molar-refractivity contribution in [1.82, 2.24) is 9.73 Å². The number of sulfonamides is 1. The number of piperidine rings is 1. The van der Waals surface area contributed by atoms with E-state index in [1.165, 1.54) is 36.3 Å². The molecular formula is C16H20F3N3O4S. The lowest BCUT2D eigenvalue weighted by molar-refractivity contribution is -0.149. The number of halogens is 3. The van der Waals surface area contributed by atoms with Crippen molar-refractivity contribution in [2.75, 3.05) is 20.2 Å². The molecule has 2 rings (SSSR count). The van der Waals surface area contributed by atoms with Crippen LogP contribution in [0.2, 0.25) is 0 Å². The first-order valence-corrected chi connectivity index (χ1v) is 9.65. The Labute approximate surface area is 155 Å². The molecule has 1 aromatic carbocycles. The Hall–Kier alpha value is -2.30. The van der Waals surface area contributed by atoms with E-state index in [1.807, 2.05) is 0 Å². The predicted octanol–water partition coefficient (Wildman–Crippen LogP) is 2.29. The van der Waals surface area contributed by atoms with Crippen molar-refractivity contribution in [3.05, 3.63) is 24.3 Å². The van der Waals surface area contributed by atoms with Gasteiger partial charge in [0.2, 0.25) is 5.91 Å². The lowest BCUT2D eigenvalue weighted by Crippen LogP contribution is -2.39. The Morgan fingerprint density at radius 2 is 1.81 bits per heavy atom. The molecular weight excluding hydrogens is 387 g/mol. The molecule has 150 valence electrons. The standard InChI is InChI=1S/C16H20F3N3O4S/c1-26-13-2-4-14(5-3-13)27(24,25)21-20-12-7-10-22(11-8-12)15(23)6-9-16(17,18)19/h2-5,21H,6-11H2,1H3. The maximum Gasteiger partial charge on any atom is 0.389 e. The van der Waals surface area contributed by atoms with Crippen LogP contribution in [0.5, 0.6) is 5.75 Å². The number of nitrogens with one attached hydrogen (secondary N) is 1.